The molecule has 0 aliphatic heterocycles. The third-order valence-electron chi connectivity index (χ3n) is 2.50. The lowest BCUT2D eigenvalue weighted by atomic mass is 10.1. The molecule has 1 amide bonds. The largest absolute Gasteiger partial charge is 0.384 e. The highest BCUT2D eigenvalue weighted by atomic mass is 35.5. The molecule has 5 nitrogen and oxygen atoms in total. The minimum absolute atomic E-state index is 0.237. The van der Waals surface area contributed by atoms with Crippen LogP contribution in [0.15, 0.2) is 30.6 Å². The molecule has 0 aliphatic rings. The second-order valence-electron chi connectivity index (χ2n) is 4.01. The van der Waals surface area contributed by atoms with Gasteiger partial charge in [0.2, 0.25) is 0 Å². The van der Waals surface area contributed by atoms with Crippen molar-refractivity contribution >= 4 is 23.2 Å². The van der Waals surface area contributed by atoms with Gasteiger partial charge in [0.25, 0.3) is 5.91 Å². The Kier molecular flexibility index (Phi) is 4.41. The number of aliphatic hydroxyl groups is 1. The summed E-state index contributed by atoms with van der Waals surface area (Å²) in [7, 11) is 1.77. The summed E-state index contributed by atoms with van der Waals surface area (Å²) in [6.45, 7) is -0.237. The maximum Gasteiger partial charge on any atom is 0.255 e. The summed E-state index contributed by atoms with van der Waals surface area (Å²) >= 11 is 6.04. The van der Waals surface area contributed by atoms with Gasteiger partial charge in [-0.05, 0) is 18.2 Å². The highest BCUT2D eigenvalue weighted by molar-refractivity contribution is 6.32. The average Bonchev–Trinajstić information content (AvgIpc) is 2.82. The quantitative estimate of drug-likeness (QED) is 0.827. The van der Waals surface area contributed by atoms with Crippen molar-refractivity contribution in [2.24, 2.45) is 7.05 Å². The number of aliphatic hydroxyl groups excluding tert-OH is 1. The van der Waals surface area contributed by atoms with Gasteiger partial charge in [0.1, 0.15) is 6.61 Å². The first-order chi connectivity index (χ1) is 9.60. The standard InChI is InChI=1S/C14H12ClN3O2/c1-18-9-12(8-16-18)17-14(20)11-5-4-10(3-2-6-19)13(15)7-11/h4-5,7-9,19H,6H2,1H3,(H,17,20). The highest BCUT2D eigenvalue weighted by Crippen LogP contribution is 2.18. The Morgan fingerprint density at radius 1 is 1.55 bits per heavy atom. The van der Waals surface area contributed by atoms with Crippen LogP contribution in [-0.2, 0) is 7.05 Å². The topological polar surface area (TPSA) is 67.2 Å². The van der Waals surface area contributed by atoms with Crippen molar-refractivity contribution in [2.75, 3.05) is 11.9 Å². The number of nitrogens with one attached hydrogen (secondary N) is 1. The average molecular weight is 290 g/mol. The molecular formula is C14H12ClN3O2. The van der Waals surface area contributed by atoms with E-state index in [0.717, 1.165) is 0 Å². The van der Waals surface area contributed by atoms with Crippen molar-refractivity contribution in [3.63, 3.8) is 0 Å². The summed E-state index contributed by atoms with van der Waals surface area (Å²) in [5.74, 6) is 4.93. The van der Waals surface area contributed by atoms with Gasteiger partial charge >= 0.3 is 0 Å². The van der Waals surface area contributed by atoms with E-state index in [4.69, 9.17) is 16.7 Å². The van der Waals surface area contributed by atoms with E-state index in [1.54, 1.807) is 36.3 Å². The zero-order chi connectivity index (χ0) is 14.5. The van der Waals surface area contributed by atoms with Crippen LogP contribution in [-0.4, -0.2) is 27.4 Å². The molecular weight excluding hydrogens is 278 g/mol. The molecule has 2 N–H and O–H groups in total. The SMILES string of the molecule is Cn1cc(NC(=O)c2ccc(C#CCO)c(Cl)c2)cn1. The molecule has 0 spiro atoms. The minimum atomic E-state index is -0.276. The van der Waals surface area contributed by atoms with Gasteiger partial charge in [-0.1, -0.05) is 23.4 Å². The molecule has 0 saturated heterocycles. The third-order valence-corrected chi connectivity index (χ3v) is 2.81. The summed E-state index contributed by atoms with van der Waals surface area (Å²) in [6.07, 6.45) is 3.25. The lowest BCUT2D eigenvalue weighted by Crippen LogP contribution is -2.11. The molecule has 0 unspecified atom stereocenters. The van der Waals surface area contributed by atoms with Crippen molar-refractivity contribution in [1.82, 2.24) is 9.78 Å². The molecule has 2 aromatic rings. The Hall–Kier alpha value is -2.29. The number of hydrogen-bond acceptors (Lipinski definition) is 3. The Bertz CT molecular complexity index is 698. The van der Waals surface area contributed by atoms with Gasteiger partial charge in [0.05, 0.1) is 16.9 Å². The summed E-state index contributed by atoms with van der Waals surface area (Å²) in [4.78, 5) is 12.0. The minimum Gasteiger partial charge on any atom is -0.384 e. The Labute approximate surface area is 121 Å². The molecule has 6 heteroatoms. The van der Waals surface area contributed by atoms with Crippen LogP contribution in [0.4, 0.5) is 5.69 Å². The number of carbonyl (C=O) groups excluding carboxylic acids is 1. The third kappa shape index (κ3) is 3.38. The van der Waals surface area contributed by atoms with Gasteiger partial charge in [-0.2, -0.15) is 5.10 Å². The number of amides is 1. The molecule has 1 aromatic carbocycles. The summed E-state index contributed by atoms with van der Waals surface area (Å²) < 4.78 is 1.59. The fraction of sp³-hybridized carbons (Fsp3) is 0.143. The molecule has 2 rings (SSSR count). The van der Waals surface area contributed by atoms with Gasteiger partial charge in [-0.25, -0.2) is 0 Å². The van der Waals surface area contributed by atoms with Crippen molar-refractivity contribution in [3.05, 3.63) is 46.7 Å². The molecule has 1 heterocycles. The Morgan fingerprint density at radius 3 is 2.95 bits per heavy atom. The Morgan fingerprint density at radius 2 is 2.35 bits per heavy atom. The van der Waals surface area contributed by atoms with Crippen LogP contribution in [0.5, 0.6) is 0 Å². The number of aryl methyl sites for hydroxylation is 1. The van der Waals surface area contributed by atoms with Crippen LogP contribution < -0.4 is 5.32 Å². The number of anilines is 1. The van der Waals surface area contributed by atoms with E-state index in [2.05, 4.69) is 22.3 Å². The summed E-state index contributed by atoms with van der Waals surface area (Å²) in [5, 5.41) is 15.7. The van der Waals surface area contributed by atoms with Crippen molar-refractivity contribution in [2.45, 2.75) is 0 Å². The number of hydrogen-bond donors (Lipinski definition) is 2. The van der Waals surface area contributed by atoms with Crippen LogP contribution in [0, 0.1) is 11.8 Å². The van der Waals surface area contributed by atoms with Crippen LogP contribution in [0.1, 0.15) is 15.9 Å². The van der Waals surface area contributed by atoms with Crippen molar-refractivity contribution in [1.29, 1.82) is 0 Å². The van der Waals surface area contributed by atoms with E-state index < -0.39 is 0 Å². The maximum absolute atomic E-state index is 12.0. The number of aromatic nitrogens is 2. The van der Waals surface area contributed by atoms with E-state index in [1.165, 1.54) is 6.07 Å². The van der Waals surface area contributed by atoms with Crippen molar-refractivity contribution < 1.29 is 9.90 Å². The Balaban J connectivity index is 2.16. The first kappa shape index (κ1) is 14.1. The molecule has 0 saturated carbocycles. The normalized spacial score (nSPS) is 9.75. The van der Waals surface area contributed by atoms with Crippen LogP contribution in [0.2, 0.25) is 5.02 Å². The fourth-order valence-electron chi connectivity index (χ4n) is 1.58. The van der Waals surface area contributed by atoms with E-state index >= 15 is 0 Å². The number of rotatable bonds is 2. The molecule has 102 valence electrons. The molecule has 0 atom stereocenters. The van der Waals surface area contributed by atoms with Gasteiger partial charge in [-0.3, -0.25) is 9.48 Å². The predicted octanol–water partition coefficient (Wildman–Crippen LogP) is 1.67. The summed E-state index contributed by atoms with van der Waals surface area (Å²) in [6, 6.07) is 4.80. The van der Waals surface area contributed by atoms with Crippen LogP contribution in [0.25, 0.3) is 0 Å². The molecule has 1 aromatic heterocycles. The molecule has 0 aliphatic carbocycles. The number of carbonyl (C=O) groups is 1. The van der Waals surface area contributed by atoms with E-state index in [0.29, 0.717) is 21.8 Å². The maximum atomic E-state index is 12.0. The van der Waals surface area contributed by atoms with Gasteiger partial charge in [0, 0.05) is 24.4 Å². The lowest BCUT2D eigenvalue weighted by Gasteiger charge is -2.04. The highest BCUT2D eigenvalue weighted by Gasteiger charge is 2.09. The van der Waals surface area contributed by atoms with Gasteiger partial charge in [0.15, 0.2) is 0 Å². The zero-order valence-corrected chi connectivity index (χ0v) is 11.5. The number of halogens is 1. The van der Waals surface area contributed by atoms with E-state index in [9.17, 15) is 4.79 Å². The molecule has 20 heavy (non-hydrogen) atoms. The van der Waals surface area contributed by atoms with Gasteiger partial charge < -0.3 is 10.4 Å². The molecule has 0 radical (unpaired) electrons. The number of nitrogens with zero attached hydrogens (tertiary/aromatic N) is 2. The van der Waals surface area contributed by atoms with E-state index in [-0.39, 0.29) is 12.5 Å². The second-order valence-corrected chi connectivity index (χ2v) is 4.42. The number of benzene rings is 1. The smallest absolute Gasteiger partial charge is 0.255 e. The van der Waals surface area contributed by atoms with Crippen LogP contribution >= 0.6 is 11.6 Å². The first-order valence-electron chi connectivity index (χ1n) is 5.79. The predicted molar refractivity (Wildman–Crippen MR) is 76.6 cm³/mol. The van der Waals surface area contributed by atoms with Crippen LogP contribution in [0.3, 0.4) is 0 Å². The fourth-order valence-corrected chi connectivity index (χ4v) is 1.81. The lowest BCUT2D eigenvalue weighted by molar-refractivity contribution is 0.102. The van der Waals surface area contributed by atoms with Crippen molar-refractivity contribution in [3.8, 4) is 11.8 Å². The molecule has 0 fully saturated rings. The van der Waals surface area contributed by atoms with Gasteiger partial charge in [-0.15, -0.1) is 0 Å². The second kappa shape index (κ2) is 6.24. The molecule has 0 bridgehead atoms. The van der Waals surface area contributed by atoms with E-state index in [1.807, 2.05) is 0 Å². The first-order valence-corrected chi connectivity index (χ1v) is 6.17. The zero-order valence-electron chi connectivity index (χ0n) is 10.7. The monoisotopic (exact) mass is 289 g/mol. The summed E-state index contributed by atoms with van der Waals surface area (Å²) in [5.41, 5.74) is 1.60.